The van der Waals surface area contributed by atoms with Crippen molar-refractivity contribution in [3.8, 4) is 5.75 Å². The maximum Gasteiger partial charge on any atom is 0.257 e. The average molecular weight is 262 g/mol. The first-order valence-electron chi connectivity index (χ1n) is 6.92. The Morgan fingerprint density at radius 2 is 2.26 bits per heavy atom. The highest BCUT2D eigenvalue weighted by molar-refractivity contribution is 5.99. The quantitative estimate of drug-likeness (QED) is 0.907. The number of carbonyl (C=O) groups is 1. The Labute approximate surface area is 114 Å². The number of nitrogens with one attached hydrogen (secondary N) is 1. The molecule has 0 aliphatic carbocycles. The Hall–Kier alpha value is -1.71. The number of anilines is 1. The van der Waals surface area contributed by atoms with E-state index >= 15 is 0 Å². The molecule has 0 aromatic heterocycles. The van der Waals surface area contributed by atoms with Crippen LogP contribution in [-0.4, -0.2) is 37.0 Å². The Balaban J connectivity index is 2.27. The third kappa shape index (κ3) is 3.00. The molecule has 0 saturated heterocycles. The number of hydrogen-bond donors (Lipinski definition) is 1. The van der Waals surface area contributed by atoms with E-state index in [9.17, 15) is 4.79 Å². The summed E-state index contributed by atoms with van der Waals surface area (Å²) in [4.78, 5) is 14.5. The molecule has 104 valence electrons. The number of rotatable bonds is 4. The molecule has 0 saturated carbocycles. The normalized spacial score (nSPS) is 13.5. The largest absolute Gasteiger partial charge is 0.489 e. The molecule has 1 amide bonds. The monoisotopic (exact) mass is 262 g/mol. The molecule has 2 rings (SSSR count). The lowest BCUT2D eigenvalue weighted by Crippen LogP contribution is -2.34. The fourth-order valence-electron chi connectivity index (χ4n) is 2.31. The van der Waals surface area contributed by atoms with E-state index in [-0.39, 0.29) is 5.91 Å². The zero-order chi connectivity index (χ0) is 13.8. The second-order valence-electron chi connectivity index (χ2n) is 5.20. The van der Waals surface area contributed by atoms with Crippen LogP contribution in [0.15, 0.2) is 18.2 Å². The minimum absolute atomic E-state index is 0.0525. The van der Waals surface area contributed by atoms with Gasteiger partial charge in [0.2, 0.25) is 0 Å². The van der Waals surface area contributed by atoms with E-state index in [0.717, 1.165) is 18.8 Å². The standard InChI is InChI=1S/C15H22N2O2/c1-4-17(10-11(2)3)15(18)12-6-5-7-13-14(12)19-9-8-16-13/h5-7,11,16H,4,8-10H2,1-3H3. The number of ether oxygens (including phenoxy) is 1. The van der Waals surface area contributed by atoms with Crippen molar-refractivity contribution >= 4 is 11.6 Å². The summed E-state index contributed by atoms with van der Waals surface area (Å²) < 4.78 is 5.67. The van der Waals surface area contributed by atoms with Crippen LogP contribution in [0.3, 0.4) is 0 Å². The van der Waals surface area contributed by atoms with Crippen LogP contribution < -0.4 is 10.1 Å². The van der Waals surface area contributed by atoms with Gasteiger partial charge in [0, 0.05) is 19.6 Å². The first kappa shape index (κ1) is 13.7. The summed E-state index contributed by atoms with van der Waals surface area (Å²) in [5, 5.41) is 3.26. The molecule has 0 fully saturated rings. The summed E-state index contributed by atoms with van der Waals surface area (Å²) in [7, 11) is 0. The lowest BCUT2D eigenvalue weighted by molar-refractivity contribution is 0.0741. The van der Waals surface area contributed by atoms with Crippen LogP contribution in [0.5, 0.6) is 5.75 Å². The van der Waals surface area contributed by atoms with Gasteiger partial charge >= 0.3 is 0 Å². The number of amides is 1. The molecule has 4 nitrogen and oxygen atoms in total. The van der Waals surface area contributed by atoms with Gasteiger partial charge < -0.3 is 15.0 Å². The number of hydrogen-bond acceptors (Lipinski definition) is 3. The van der Waals surface area contributed by atoms with E-state index in [2.05, 4.69) is 19.2 Å². The summed E-state index contributed by atoms with van der Waals surface area (Å²) in [5.41, 5.74) is 1.57. The fraction of sp³-hybridized carbons (Fsp3) is 0.533. The molecule has 0 spiro atoms. The van der Waals surface area contributed by atoms with E-state index in [4.69, 9.17) is 4.74 Å². The third-order valence-corrected chi connectivity index (χ3v) is 3.16. The van der Waals surface area contributed by atoms with Crippen molar-refractivity contribution in [1.82, 2.24) is 4.90 Å². The molecule has 0 atom stereocenters. The SMILES string of the molecule is CCN(CC(C)C)C(=O)c1cccc2c1OCCN2. The minimum Gasteiger partial charge on any atom is -0.489 e. The highest BCUT2D eigenvalue weighted by atomic mass is 16.5. The molecule has 1 N–H and O–H groups in total. The second-order valence-corrected chi connectivity index (χ2v) is 5.20. The van der Waals surface area contributed by atoms with Gasteiger partial charge in [-0.05, 0) is 25.0 Å². The zero-order valence-electron chi connectivity index (χ0n) is 11.9. The first-order chi connectivity index (χ1) is 9.13. The van der Waals surface area contributed by atoms with Gasteiger partial charge in [-0.3, -0.25) is 4.79 Å². The van der Waals surface area contributed by atoms with Crippen LogP contribution in [0, 0.1) is 5.92 Å². The molecule has 1 aliphatic rings. The molecule has 0 radical (unpaired) electrons. The highest BCUT2D eigenvalue weighted by Crippen LogP contribution is 2.32. The predicted octanol–water partition coefficient (Wildman–Crippen LogP) is 2.61. The lowest BCUT2D eigenvalue weighted by Gasteiger charge is -2.26. The molecule has 1 aliphatic heterocycles. The molecule has 1 aromatic rings. The van der Waals surface area contributed by atoms with Gasteiger partial charge in [0.15, 0.2) is 5.75 Å². The van der Waals surface area contributed by atoms with Crippen molar-refractivity contribution in [2.75, 3.05) is 31.6 Å². The maximum absolute atomic E-state index is 12.6. The van der Waals surface area contributed by atoms with Gasteiger partial charge in [-0.2, -0.15) is 0 Å². The van der Waals surface area contributed by atoms with E-state index in [1.165, 1.54) is 0 Å². The van der Waals surface area contributed by atoms with Crippen LogP contribution in [0.4, 0.5) is 5.69 Å². The van der Waals surface area contributed by atoms with Crippen LogP contribution >= 0.6 is 0 Å². The molecular formula is C15H22N2O2. The molecule has 1 aromatic carbocycles. The number of para-hydroxylation sites is 1. The van der Waals surface area contributed by atoms with Crippen molar-refractivity contribution in [3.63, 3.8) is 0 Å². The Morgan fingerprint density at radius 1 is 1.47 bits per heavy atom. The summed E-state index contributed by atoms with van der Waals surface area (Å²) in [6.45, 7) is 9.12. The number of fused-ring (bicyclic) bond motifs is 1. The summed E-state index contributed by atoms with van der Waals surface area (Å²) in [6.07, 6.45) is 0. The Morgan fingerprint density at radius 3 is 2.95 bits per heavy atom. The Bertz CT molecular complexity index is 457. The summed E-state index contributed by atoms with van der Waals surface area (Å²) in [6, 6.07) is 5.69. The first-order valence-corrected chi connectivity index (χ1v) is 6.92. The van der Waals surface area contributed by atoms with Crippen molar-refractivity contribution in [3.05, 3.63) is 23.8 Å². The van der Waals surface area contributed by atoms with Gasteiger partial charge in [0.1, 0.15) is 6.61 Å². The fourth-order valence-corrected chi connectivity index (χ4v) is 2.31. The van der Waals surface area contributed by atoms with Crippen LogP contribution in [0.2, 0.25) is 0 Å². The van der Waals surface area contributed by atoms with Crippen LogP contribution in [0.25, 0.3) is 0 Å². The van der Waals surface area contributed by atoms with Crippen molar-refractivity contribution < 1.29 is 9.53 Å². The number of benzene rings is 1. The van der Waals surface area contributed by atoms with Gasteiger partial charge in [-0.15, -0.1) is 0 Å². The zero-order valence-corrected chi connectivity index (χ0v) is 11.9. The molecule has 0 bridgehead atoms. The molecule has 4 heteroatoms. The van der Waals surface area contributed by atoms with Gasteiger partial charge in [-0.1, -0.05) is 19.9 Å². The molecule has 1 heterocycles. The Kier molecular flexibility index (Phi) is 4.30. The third-order valence-electron chi connectivity index (χ3n) is 3.16. The van der Waals surface area contributed by atoms with Crippen molar-refractivity contribution in [2.45, 2.75) is 20.8 Å². The van der Waals surface area contributed by atoms with E-state index < -0.39 is 0 Å². The molecular weight excluding hydrogens is 240 g/mol. The molecule has 0 unspecified atom stereocenters. The predicted molar refractivity (Wildman–Crippen MR) is 76.8 cm³/mol. The van der Waals surface area contributed by atoms with E-state index in [0.29, 0.717) is 30.4 Å². The van der Waals surface area contributed by atoms with E-state index in [1.54, 1.807) is 0 Å². The number of carbonyl (C=O) groups excluding carboxylic acids is 1. The topological polar surface area (TPSA) is 41.6 Å². The van der Waals surface area contributed by atoms with Crippen molar-refractivity contribution in [1.29, 1.82) is 0 Å². The van der Waals surface area contributed by atoms with Crippen LogP contribution in [0.1, 0.15) is 31.1 Å². The maximum atomic E-state index is 12.6. The minimum atomic E-state index is 0.0525. The lowest BCUT2D eigenvalue weighted by atomic mass is 10.1. The summed E-state index contributed by atoms with van der Waals surface area (Å²) in [5.74, 6) is 1.21. The average Bonchev–Trinajstić information content (AvgIpc) is 2.43. The van der Waals surface area contributed by atoms with Gasteiger partial charge in [0.25, 0.3) is 5.91 Å². The van der Waals surface area contributed by atoms with Crippen LogP contribution in [-0.2, 0) is 0 Å². The molecule has 19 heavy (non-hydrogen) atoms. The van der Waals surface area contributed by atoms with Gasteiger partial charge in [0.05, 0.1) is 11.3 Å². The summed E-state index contributed by atoms with van der Waals surface area (Å²) >= 11 is 0. The smallest absolute Gasteiger partial charge is 0.257 e. The van der Waals surface area contributed by atoms with Crippen molar-refractivity contribution in [2.24, 2.45) is 5.92 Å². The van der Waals surface area contributed by atoms with E-state index in [1.807, 2.05) is 30.0 Å². The van der Waals surface area contributed by atoms with Gasteiger partial charge in [-0.25, -0.2) is 0 Å². The second kappa shape index (κ2) is 5.95. The number of nitrogens with zero attached hydrogens (tertiary/aromatic N) is 1. The highest BCUT2D eigenvalue weighted by Gasteiger charge is 2.22.